The largest absolute Gasteiger partial charge is 0.544 e. The molecule has 8 nitrogen and oxygen atoms in total. The maximum absolute atomic E-state index is 12.6. The van der Waals surface area contributed by atoms with Crippen LogP contribution in [0.3, 0.4) is 0 Å². The van der Waals surface area contributed by atoms with Crippen LogP contribution in [0.25, 0.3) is 0 Å². The van der Waals surface area contributed by atoms with E-state index in [1.165, 1.54) is 51.4 Å². The molecule has 0 aromatic heterocycles. The molecule has 48 heavy (non-hydrogen) atoms. The van der Waals surface area contributed by atoms with Gasteiger partial charge in [-0.15, -0.1) is 0 Å². The van der Waals surface area contributed by atoms with Gasteiger partial charge in [0.05, 0.1) is 40.3 Å². The second kappa shape index (κ2) is 31.3. The molecule has 0 N–H and O–H groups in total. The fraction of sp³-hybridized carbons (Fsp3) is 0.675. The lowest BCUT2D eigenvalue weighted by Crippen LogP contribution is -2.55. The summed E-state index contributed by atoms with van der Waals surface area (Å²) in [5.41, 5.74) is 0. The minimum absolute atomic E-state index is 0.0106. The van der Waals surface area contributed by atoms with E-state index in [0.717, 1.165) is 32.1 Å². The Balaban J connectivity index is 4.59. The molecule has 2 unspecified atom stereocenters. The number of rotatable bonds is 31. The smallest absolute Gasteiger partial charge is 0.306 e. The molecule has 274 valence electrons. The van der Waals surface area contributed by atoms with Crippen LogP contribution >= 0.6 is 0 Å². The van der Waals surface area contributed by atoms with Gasteiger partial charge in [-0.2, -0.15) is 0 Å². The fourth-order valence-corrected chi connectivity index (χ4v) is 4.92. The Hall–Kier alpha value is -2.97. The van der Waals surface area contributed by atoms with Crippen LogP contribution in [-0.4, -0.2) is 75.5 Å². The topological polar surface area (TPSA) is 102 Å². The summed E-state index contributed by atoms with van der Waals surface area (Å²) in [5, 5.41) is 11.6. The van der Waals surface area contributed by atoms with Gasteiger partial charge < -0.3 is 28.6 Å². The number of carboxylic acids is 1. The number of allylic oxidation sites excluding steroid dienone is 10. The molecule has 2 atom stereocenters. The summed E-state index contributed by atoms with van der Waals surface area (Å²) in [5.74, 6) is -1.84. The predicted octanol–water partition coefficient (Wildman–Crippen LogP) is 7.74. The van der Waals surface area contributed by atoms with Gasteiger partial charge in [-0.1, -0.05) is 139 Å². The zero-order valence-electron chi connectivity index (χ0n) is 30.9. The Kier molecular flexibility index (Phi) is 29.4. The second-order valence-electron chi connectivity index (χ2n) is 13.2. The van der Waals surface area contributed by atoms with Crippen molar-refractivity contribution >= 4 is 17.9 Å². The average Bonchev–Trinajstić information content (AvgIpc) is 3.03. The quantitative estimate of drug-likeness (QED) is 0.0321. The lowest BCUT2D eigenvalue weighted by molar-refractivity contribution is -0.889. The van der Waals surface area contributed by atoms with Crippen molar-refractivity contribution in [3.63, 3.8) is 0 Å². The third kappa shape index (κ3) is 29.2. The first-order chi connectivity index (χ1) is 23.1. The number of carbonyl (C=O) groups is 3. The maximum atomic E-state index is 12.6. The monoisotopic (exact) mass is 673 g/mol. The van der Waals surface area contributed by atoms with Crippen LogP contribution in [0.4, 0.5) is 0 Å². The van der Waals surface area contributed by atoms with Crippen molar-refractivity contribution in [1.82, 2.24) is 0 Å². The average molecular weight is 674 g/mol. The Morgan fingerprint density at radius 1 is 0.646 bits per heavy atom. The first kappa shape index (κ1) is 45.0. The summed E-state index contributed by atoms with van der Waals surface area (Å²) in [7, 11) is 5.36. The van der Waals surface area contributed by atoms with Gasteiger partial charge in [-0.3, -0.25) is 9.59 Å². The molecule has 0 aliphatic carbocycles. The number of nitrogens with zero attached hydrogens (tertiary/aromatic N) is 1. The number of likely N-dealkylation sites (N-methyl/N-ethyl adjacent to an activating group) is 1. The van der Waals surface area contributed by atoms with Gasteiger partial charge in [0, 0.05) is 19.3 Å². The summed E-state index contributed by atoms with van der Waals surface area (Å²) >= 11 is 0. The van der Waals surface area contributed by atoms with Gasteiger partial charge in [-0.25, -0.2) is 0 Å². The SMILES string of the molecule is CC/C=C/C=C/C=C/C=C/C=C/CCCC(=O)OC(COCCC(C(=O)[O-])[N+](C)(C)C)COC(=O)CCCCCCCCCCCCC. The van der Waals surface area contributed by atoms with Crippen LogP contribution in [0.15, 0.2) is 60.8 Å². The molecular weight excluding hydrogens is 606 g/mol. The number of carboxylic acid groups (broad SMARTS) is 1. The van der Waals surface area contributed by atoms with E-state index in [4.69, 9.17) is 14.2 Å². The van der Waals surface area contributed by atoms with Crippen molar-refractivity contribution in [1.29, 1.82) is 0 Å². The van der Waals surface area contributed by atoms with Crippen molar-refractivity contribution < 1.29 is 38.2 Å². The molecule has 0 aliphatic rings. The van der Waals surface area contributed by atoms with Crippen molar-refractivity contribution in [3.8, 4) is 0 Å². The molecule has 0 aliphatic heterocycles. The predicted molar refractivity (Wildman–Crippen MR) is 194 cm³/mol. The zero-order chi connectivity index (χ0) is 35.7. The Morgan fingerprint density at radius 3 is 1.71 bits per heavy atom. The highest BCUT2D eigenvalue weighted by molar-refractivity contribution is 5.70. The normalized spacial score (nSPS) is 13.8. The number of unbranched alkanes of at least 4 members (excludes halogenated alkanes) is 11. The lowest BCUT2D eigenvalue weighted by atomic mass is 10.1. The Morgan fingerprint density at radius 2 is 1.17 bits per heavy atom. The highest BCUT2D eigenvalue weighted by atomic mass is 16.6. The number of hydrogen-bond donors (Lipinski definition) is 0. The second-order valence-corrected chi connectivity index (χ2v) is 13.2. The fourth-order valence-electron chi connectivity index (χ4n) is 4.92. The molecule has 0 spiro atoms. The van der Waals surface area contributed by atoms with Gasteiger partial charge in [-0.05, 0) is 25.7 Å². The summed E-state index contributed by atoms with van der Waals surface area (Å²) < 4.78 is 17.0. The molecule has 0 saturated carbocycles. The third-order valence-electron chi connectivity index (χ3n) is 7.80. The van der Waals surface area contributed by atoms with Gasteiger partial charge in [0.2, 0.25) is 0 Å². The highest BCUT2D eigenvalue weighted by Crippen LogP contribution is 2.13. The first-order valence-electron chi connectivity index (χ1n) is 18.4. The third-order valence-corrected chi connectivity index (χ3v) is 7.80. The molecule has 8 heteroatoms. The van der Waals surface area contributed by atoms with Crippen LogP contribution in [0.2, 0.25) is 0 Å². The minimum Gasteiger partial charge on any atom is -0.544 e. The van der Waals surface area contributed by atoms with E-state index in [-0.39, 0.29) is 49.1 Å². The molecule has 0 radical (unpaired) electrons. The van der Waals surface area contributed by atoms with E-state index in [9.17, 15) is 19.5 Å². The van der Waals surface area contributed by atoms with Crippen LogP contribution in [0.1, 0.15) is 123 Å². The van der Waals surface area contributed by atoms with E-state index in [0.29, 0.717) is 12.8 Å². The van der Waals surface area contributed by atoms with Crippen LogP contribution in [0.5, 0.6) is 0 Å². The number of aliphatic carboxylic acids is 1. The Bertz CT molecular complexity index is 975. The number of carbonyl (C=O) groups excluding carboxylic acids is 3. The van der Waals surface area contributed by atoms with Gasteiger partial charge >= 0.3 is 11.9 Å². The lowest BCUT2D eigenvalue weighted by Gasteiger charge is -2.34. The molecule has 0 fully saturated rings. The molecule has 0 aromatic rings. The Labute approximate surface area is 292 Å². The van der Waals surface area contributed by atoms with E-state index in [1.807, 2.05) is 54.7 Å². The number of quaternary nitrogens is 1. The van der Waals surface area contributed by atoms with Gasteiger partial charge in [0.25, 0.3) is 0 Å². The summed E-state index contributed by atoms with van der Waals surface area (Å²) in [6, 6.07) is -0.738. The molecular formula is C40H67NO7. The minimum atomic E-state index is -1.14. The number of hydrogen-bond acceptors (Lipinski definition) is 7. The van der Waals surface area contributed by atoms with Crippen LogP contribution < -0.4 is 5.11 Å². The summed E-state index contributed by atoms with van der Waals surface area (Å²) in [6.07, 6.45) is 35.4. The van der Waals surface area contributed by atoms with Gasteiger partial charge in [0.1, 0.15) is 12.6 Å². The molecule has 0 aromatic carbocycles. The summed E-state index contributed by atoms with van der Waals surface area (Å²) in [4.78, 5) is 36.5. The standard InChI is InChI=1S/C40H67NO7/c1-6-8-10-12-14-16-18-19-21-23-25-27-29-31-39(43)48-36(34-46-33-32-37(40(44)45)41(3,4)5)35-47-38(42)30-28-26-24-22-20-17-15-13-11-9-7-2/h8,10,12,14,16,18-19,21,23,25,36-37H,6-7,9,11,13,15,17,20,22,24,26-35H2,1-5H3/b10-8+,14-12+,18-16+,21-19+,25-23+. The van der Waals surface area contributed by atoms with Crippen LogP contribution in [0, 0.1) is 0 Å². The van der Waals surface area contributed by atoms with Crippen molar-refractivity contribution in [2.45, 2.75) is 135 Å². The first-order valence-corrected chi connectivity index (χ1v) is 18.4. The maximum Gasteiger partial charge on any atom is 0.306 e. The molecule has 0 saturated heterocycles. The van der Waals surface area contributed by atoms with E-state index < -0.39 is 18.1 Å². The van der Waals surface area contributed by atoms with Crippen molar-refractivity contribution in [2.24, 2.45) is 0 Å². The van der Waals surface area contributed by atoms with E-state index >= 15 is 0 Å². The zero-order valence-corrected chi connectivity index (χ0v) is 30.9. The van der Waals surface area contributed by atoms with E-state index in [1.54, 1.807) is 21.1 Å². The summed E-state index contributed by atoms with van der Waals surface area (Å²) in [6.45, 7) is 4.40. The highest BCUT2D eigenvalue weighted by Gasteiger charge is 2.25. The number of ether oxygens (including phenoxy) is 3. The number of esters is 2. The van der Waals surface area contributed by atoms with Crippen LogP contribution in [-0.2, 0) is 28.6 Å². The molecule has 0 heterocycles. The van der Waals surface area contributed by atoms with Crippen molar-refractivity contribution in [3.05, 3.63) is 60.8 Å². The van der Waals surface area contributed by atoms with Gasteiger partial charge in [0.15, 0.2) is 6.10 Å². The van der Waals surface area contributed by atoms with Crippen molar-refractivity contribution in [2.75, 3.05) is 41.0 Å². The molecule has 0 rings (SSSR count). The molecule has 0 amide bonds. The van der Waals surface area contributed by atoms with E-state index in [2.05, 4.69) is 19.9 Å². The molecule has 0 bridgehead atoms.